The van der Waals surface area contributed by atoms with Gasteiger partial charge in [-0.2, -0.15) is 4.37 Å². The lowest BCUT2D eigenvalue weighted by molar-refractivity contribution is 0.353. The van der Waals surface area contributed by atoms with Crippen LogP contribution in [0.2, 0.25) is 0 Å². The van der Waals surface area contributed by atoms with E-state index in [4.69, 9.17) is 11.6 Å². The van der Waals surface area contributed by atoms with Gasteiger partial charge < -0.3 is 5.32 Å². The summed E-state index contributed by atoms with van der Waals surface area (Å²) < 4.78 is 4.43. The molecule has 0 aromatic carbocycles. The normalized spacial score (nSPS) is 29.2. The van der Waals surface area contributed by atoms with Gasteiger partial charge in [0.25, 0.3) is 0 Å². The average molecular weight is 272 g/mol. The van der Waals surface area contributed by atoms with Gasteiger partial charge >= 0.3 is 0 Å². The third-order valence-corrected chi connectivity index (χ3v) is 4.86. The monoisotopic (exact) mass is 271 g/mol. The zero-order valence-corrected chi connectivity index (χ0v) is 11.4. The van der Waals surface area contributed by atoms with Crippen molar-refractivity contribution in [1.82, 2.24) is 9.36 Å². The number of hydrogen-bond acceptors (Lipinski definition) is 4. The molecule has 3 rings (SSSR count). The summed E-state index contributed by atoms with van der Waals surface area (Å²) in [6, 6.07) is 0.501. The number of halogens is 1. The molecule has 0 spiro atoms. The minimum atomic E-state index is 0.501. The summed E-state index contributed by atoms with van der Waals surface area (Å²) in [6.07, 6.45) is 7.62. The van der Waals surface area contributed by atoms with Crippen LogP contribution in [-0.4, -0.2) is 21.3 Å². The van der Waals surface area contributed by atoms with Crippen molar-refractivity contribution in [3.05, 3.63) is 5.82 Å². The molecule has 0 bridgehead atoms. The third kappa shape index (κ3) is 2.74. The maximum Gasteiger partial charge on any atom is 0.202 e. The molecule has 94 valence electrons. The zero-order chi connectivity index (χ0) is 11.7. The summed E-state index contributed by atoms with van der Waals surface area (Å²) in [5, 5.41) is 4.54. The van der Waals surface area contributed by atoms with Gasteiger partial charge in [0.2, 0.25) is 5.13 Å². The summed E-state index contributed by atoms with van der Waals surface area (Å²) in [6.45, 7) is 0. The molecule has 1 aromatic heterocycles. The van der Waals surface area contributed by atoms with Gasteiger partial charge in [-0.3, -0.25) is 0 Å². The fraction of sp³-hybridized carbons (Fsp3) is 0.833. The largest absolute Gasteiger partial charge is 0.357 e. The zero-order valence-electron chi connectivity index (χ0n) is 9.86. The van der Waals surface area contributed by atoms with E-state index in [2.05, 4.69) is 14.7 Å². The predicted molar refractivity (Wildman–Crippen MR) is 72.0 cm³/mol. The van der Waals surface area contributed by atoms with E-state index < -0.39 is 0 Å². The van der Waals surface area contributed by atoms with Crippen molar-refractivity contribution >= 4 is 28.3 Å². The summed E-state index contributed by atoms with van der Waals surface area (Å²) in [7, 11) is 0. The molecule has 1 aromatic rings. The first-order valence-corrected chi connectivity index (χ1v) is 7.83. The van der Waals surface area contributed by atoms with Gasteiger partial charge in [-0.05, 0) is 31.6 Å². The smallest absolute Gasteiger partial charge is 0.202 e. The SMILES string of the molecule is ClCC1CCCCC1Nc1nc(C2CC2)ns1. The molecule has 5 heteroatoms. The summed E-state index contributed by atoms with van der Waals surface area (Å²) in [5.41, 5.74) is 0. The first-order valence-electron chi connectivity index (χ1n) is 6.53. The fourth-order valence-electron chi connectivity index (χ4n) is 2.54. The van der Waals surface area contributed by atoms with Gasteiger partial charge in [0.05, 0.1) is 0 Å². The maximum absolute atomic E-state index is 6.03. The lowest BCUT2D eigenvalue weighted by atomic mass is 9.86. The standard InChI is InChI=1S/C12H18ClN3S/c13-7-9-3-1-2-4-10(9)14-12-15-11(16-17-12)8-5-6-8/h8-10H,1-7H2,(H,14,15,16). The molecule has 1 N–H and O–H groups in total. The van der Waals surface area contributed by atoms with Crippen LogP contribution >= 0.6 is 23.1 Å². The van der Waals surface area contributed by atoms with Crippen LogP contribution in [0.3, 0.4) is 0 Å². The van der Waals surface area contributed by atoms with Gasteiger partial charge in [0.15, 0.2) is 0 Å². The number of rotatable bonds is 4. The molecule has 2 aliphatic rings. The molecule has 1 heterocycles. The Morgan fingerprint density at radius 1 is 1.24 bits per heavy atom. The molecule has 2 saturated carbocycles. The molecule has 2 aliphatic carbocycles. The Labute approximate surface area is 111 Å². The summed E-state index contributed by atoms with van der Waals surface area (Å²) in [5.74, 6) is 3.05. The highest BCUT2D eigenvalue weighted by Gasteiger charge is 2.29. The van der Waals surface area contributed by atoms with E-state index in [1.165, 1.54) is 50.1 Å². The Hall–Kier alpha value is -0.350. The molecule has 2 atom stereocenters. The van der Waals surface area contributed by atoms with Gasteiger partial charge in [-0.25, -0.2) is 4.98 Å². The molecule has 0 amide bonds. The second-order valence-electron chi connectivity index (χ2n) is 5.18. The average Bonchev–Trinajstić information content (AvgIpc) is 3.11. The van der Waals surface area contributed by atoms with Gasteiger partial charge in [0, 0.05) is 29.4 Å². The highest BCUT2D eigenvalue weighted by molar-refractivity contribution is 7.09. The van der Waals surface area contributed by atoms with Crippen LogP contribution in [0.1, 0.15) is 50.3 Å². The van der Waals surface area contributed by atoms with Crippen LogP contribution in [0.4, 0.5) is 5.13 Å². The van der Waals surface area contributed by atoms with Crippen LogP contribution in [0, 0.1) is 5.92 Å². The van der Waals surface area contributed by atoms with Crippen molar-refractivity contribution in [2.45, 2.75) is 50.5 Å². The number of nitrogens with one attached hydrogen (secondary N) is 1. The van der Waals surface area contributed by atoms with Crippen LogP contribution < -0.4 is 5.32 Å². The Morgan fingerprint density at radius 2 is 2.06 bits per heavy atom. The molecule has 0 saturated heterocycles. The lowest BCUT2D eigenvalue weighted by Gasteiger charge is -2.30. The molecule has 0 aliphatic heterocycles. The topological polar surface area (TPSA) is 37.8 Å². The Morgan fingerprint density at radius 3 is 2.82 bits per heavy atom. The maximum atomic E-state index is 6.03. The van der Waals surface area contributed by atoms with E-state index in [0.29, 0.717) is 17.9 Å². The van der Waals surface area contributed by atoms with E-state index in [1.807, 2.05) is 0 Å². The minimum absolute atomic E-state index is 0.501. The Balaban J connectivity index is 1.63. The minimum Gasteiger partial charge on any atom is -0.357 e. The van der Waals surface area contributed by atoms with Crippen LogP contribution in [0.25, 0.3) is 0 Å². The van der Waals surface area contributed by atoms with Crippen LogP contribution in [-0.2, 0) is 0 Å². The summed E-state index contributed by atoms with van der Waals surface area (Å²) >= 11 is 7.54. The lowest BCUT2D eigenvalue weighted by Crippen LogP contribution is -2.33. The number of nitrogens with zero attached hydrogens (tertiary/aromatic N) is 2. The molecular weight excluding hydrogens is 254 g/mol. The molecular formula is C12H18ClN3S. The second kappa shape index (κ2) is 5.11. The number of alkyl halides is 1. The van der Waals surface area contributed by atoms with Crippen molar-refractivity contribution in [1.29, 1.82) is 0 Å². The highest BCUT2D eigenvalue weighted by atomic mass is 35.5. The first-order chi connectivity index (χ1) is 8.36. The second-order valence-corrected chi connectivity index (χ2v) is 6.24. The third-order valence-electron chi connectivity index (χ3n) is 3.80. The van der Waals surface area contributed by atoms with E-state index in [-0.39, 0.29) is 0 Å². The van der Waals surface area contributed by atoms with Gasteiger partial charge in [-0.15, -0.1) is 11.6 Å². The fourth-order valence-corrected chi connectivity index (χ4v) is 3.62. The molecule has 2 unspecified atom stereocenters. The summed E-state index contributed by atoms with van der Waals surface area (Å²) in [4.78, 5) is 4.59. The van der Waals surface area contributed by atoms with E-state index >= 15 is 0 Å². The molecule has 2 fully saturated rings. The van der Waals surface area contributed by atoms with Crippen molar-refractivity contribution in [2.75, 3.05) is 11.2 Å². The van der Waals surface area contributed by atoms with Crippen molar-refractivity contribution in [2.24, 2.45) is 5.92 Å². The van der Waals surface area contributed by atoms with Crippen LogP contribution in [0.15, 0.2) is 0 Å². The van der Waals surface area contributed by atoms with E-state index in [9.17, 15) is 0 Å². The van der Waals surface area contributed by atoms with Crippen molar-refractivity contribution in [3.63, 3.8) is 0 Å². The number of hydrogen-bond donors (Lipinski definition) is 1. The van der Waals surface area contributed by atoms with Crippen molar-refractivity contribution in [3.8, 4) is 0 Å². The molecule has 17 heavy (non-hydrogen) atoms. The molecule has 3 nitrogen and oxygen atoms in total. The predicted octanol–water partition coefficient (Wildman–Crippen LogP) is 3.63. The van der Waals surface area contributed by atoms with E-state index in [1.54, 1.807) is 0 Å². The first kappa shape index (κ1) is 11.7. The van der Waals surface area contributed by atoms with Crippen LogP contribution in [0.5, 0.6) is 0 Å². The Kier molecular flexibility index (Phi) is 3.52. The Bertz CT molecular complexity index is 378. The molecule has 0 radical (unpaired) electrons. The van der Waals surface area contributed by atoms with Crippen molar-refractivity contribution < 1.29 is 0 Å². The highest BCUT2D eigenvalue weighted by Crippen LogP contribution is 2.39. The quantitative estimate of drug-likeness (QED) is 0.850. The van der Waals surface area contributed by atoms with Gasteiger partial charge in [0.1, 0.15) is 5.82 Å². The number of anilines is 1. The van der Waals surface area contributed by atoms with Gasteiger partial charge in [-0.1, -0.05) is 12.8 Å². The van der Waals surface area contributed by atoms with E-state index in [0.717, 1.165) is 16.8 Å². The number of aromatic nitrogens is 2.